The summed E-state index contributed by atoms with van der Waals surface area (Å²) in [6.07, 6.45) is 0.480. The average Bonchev–Trinajstić information content (AvgIpc) is 2.46. The second kappa shape index (κ2) is 7.59. The van der Waals surface area contributed by atoms with E-state index in [0.717, 1.165) is 0 Å². The van der Waals surface area contributed by atoms with Crippen molar-refractivity contribution < 1.29 is 23.5 Å². The Kier molecular flexibility index (Phi) is 6.10. The largest absolute Gasteiger partial charge is 0.469 e. The first-order valence-corrected chi connectivity index (χ1v) is 6.73. The monoisotopic (exact) mass is 309 g/mol. The molecule has 0 aliphatic carbocycles. The minimum absolute atomic E-state index is 0.182. The Balaban J connectivity index is 2.92. The van der Waals surface area contributed by atoms with Crippen molar-refractivity contribution in [1.29, 1.82) is 0 Å². The van der Waals surface area contributed by atoms with Crippen LogP contribution in [0.3, 0.4) is 0 Å². The number of carbonyl (C=O) groups is 2. The van der Waals surface area contributed by atoms with Gasteiger partial charge in [-0.3, -0.25) is 4.79 Å². The van der Waals surface area contributed by atoms with Gasteiger partial charge < -0.3 is 14.8 Å². The van der Waals surface area contributed by atoms with Crippen LogP contribution in [0.15, 0.2) is 36.9 Å². The lowest BCUT2D eigenvalue weighted by atomic mass is 10.0. The maximum Gasteiger partial charge on any atom is 0.408 e. The second-order valence-corrected chi connectivity index (χ2v) is 5.20. The van der Waals surface area contributed by atoms with Gasteiger partial charge in [0.1, 0.15) is 11.4 Å². The zero-order chi connectivity index (χ0) is 16.8. The topological polar surface area (TPSA) is 64.6 Å². The predicted octanol–water partition coefficient (Wildman–Crippen LogP) is 3.12. The molecule has 0 radical (unpaired) electrons. The molecule has 0 aliphatic rings. The van der Waals surface area contributed by atoms with Crippen molar-refractivity contribution >= 4 is 12.1 Å². The number of hydrogen-bond acceptors (Lipinski definition) is 4. The van der Waals surface area contributed by atoms with Gasteiger partial charge in [-0.2, -0.15) is 0 Å². The summed E-state index contributed by atoms with van der Waals surface area (Å²) in [5.41, 5.74) is -0.698. The number of methoxy groups -OCH3 is 1. The van der Waals surface area contributed by atoms with E-state index in [1.165, 1.54) is 31.4 Å². The van der Waals surface area contributed by atoms with Gasteiger partial charge in [0.05, 0.1) is 19.6 Å². The van der Waals surface area contributed by atoms with Gasteiger partial charge in [-0.1, -0.05) is 24.8 Å². The van der Waals surface area contributed by atoms with Crippen LogP contribution >= 0.6 is 0 Å². The highest BCUT2D eigenvalue weighted by atomic mass is 19.1. The third-order valence-electron chi connectivity index (χ3n) is 3.02. The Morgan fingerprint density at radius 3 is 2.59 bits per heavy atom. The molecule has 0 aliphatic heterocycles. The van der Waals surface area contributed by atoms with Crippen LogP contribution in [0, 0.1) is 5.82 Å². The van der Waals surface area contributed by atoms with Crippen molar-refractivity contribution in [2.75, 3.05) is 7.11 Å². The van der Waals surface area contributed by atoms with Gasteiger partial charge in [0.25, 0.3) is 0 Å². The summed E-state index contributed by atoms with van der Waals surface area (Å²) in [6.45, 7) is 6.86. The van der Waals surface area contributed by atoms with Crippen molar-refractivity contribution in [1.82, 2.24) is 5.32 Å². The molecule has 1 amide bonds. The molecule has 1 aromatic carbocycles. The van der Waals surface area contributed by atoms with E-state index in [4.69, 9.17) is 4.74 Å². The standard InChI is InChI=1S/C16H20FNO4/c1-5-16(2,3)22-15(20)18-13(10-14(19)21-4)11-8-6-7-9-12(11)17/h5-9,13H,1,10H2,2-4H3,(H,18,20). The lowest BCUT2D eigenvalue weighted by Crippen LogP contribution is -2.36. The van der Waals surface area contributed by atoms with Crippen molar-refractivity contribution in [2.24, 2.45) is 0 Å². The van der Waals surface area contributed by atoms with Crippen LogP contribution < -0.4 is 5.32 Å². The van der Waals surface area contributed by atoms with Gasteiger partial charge in [-0.05, 0) is 26.0 Å². The first-order chi connectivity index (χ1) is 10.3. The predicted molar refractivity (Wildman–Crippen MR) is 79.7 cm³/mol. The molecule has 1 atom stereocenters. The molecular formula is C16H20FNO4. The number of hydrogen-bond donors (Lipinski definition) is 1. The Morgan fingerprint density at radius 2 is 2.05 bits per heavy atom. The minimum atomic E-state index is -0.887. The van der Waals surface area contributed by atoms with E-state index in [2.05, 4.69) is 16.6 Å². The van der Waals surface area contributed by atoms with Crippen LogP contribution in [0.4, 0.5) is 9.18 Å². The molecule has 5 nitrogen and oxygen atoms in total. The molecule has 0 spiro atoms. The van der Waals surface area contributed by atoms with Gasteiger partial charge in [-0.15, -0.1) is 0 Å². The number of esters is 1. The van der Waals surface area contributed by atoms with E-state index in [0.29, 0.717) is 0 Å². The van der Waals surface area contributed by atoms with E-state index in [1.807, 2.05) is 0 Å². The Bertz CT molecular complexity index is 557. The normalized spacial score (nSPS) is 12.2. The number of amides is 1. The van der Waals surface area contributed by atoms with E-state index < -0.39 is 29.5 Å². The molecule has 1 aromatic rings. The molecule has 0 saturated carbocycles. The number of halogens is 1. The molecule has 1 unspecified atom stereocenters. The van der Waals surface area contributed by atoms with Gasteiger partial charge in [0.15, 0.2) is 0 Å². The zero-order valence-electron chi connectivity index (χ0n) is 12.9. The number of alkyl carbamates (subject to hydrolysis) is 1. The molecule has 0 heterocycles. The molecule has 0 saturated heterocycles. The highest BCUT2D eigenvalue weighted by Crippen LogP contribution is 2.21. The second-order valence-electron chi connectivity index (χ2n) is 5.20. The lowest BCUT2D eigenvalue weighted by Gasteiger charge is -2.24. The van der Waals surface area contributed by atoms with Crippen LogP contribution in [-0.2, 0) is 14.3 Å². The summed E-state index contributed by atoms with van der Waals surface area (Å²) in [4.78, 5) is 23.4. The van der Waals surface area contributed by atoms with Crippen LogP contribution in [0.2, 0.25) is 0 Å². The molecule has 1 N–H and O–H groups in total. The minimum Gasteiger partial charge on any atom is -0.469 e. The number of benzene rings is 1. The maximum atomic E-state index is 13.9. The number of nitrogens with one attached hydrogen (secondary N) is 1. The summed E-state index contributed by atoms with van der Waals surface area (Å²) in [5, 5.41) is 2.48. The van der Waals surface area contributed by atoms with Crippen LogP contribution in [0.25, 0.3) is 0 Å². The van der Waals surface area contributed by atoms with Crippen molar-refractivity contribution in [3.8, 4) is 0 Å². The first kappa shape index (κ1) is 17.7. The molecule has 6 heteroatoms. The van der Waals surface area contributed by atoms with Crippen LogP contribution in [0.1, 0.15) is 31.9 Å². The highest BCUT2D eigenvalue weighted by Gasteiger charge is 2.25. The quantitative estimate of drug-likeness (QED) is 0.648. The van der Waals surface area contributed by atoms with Gasteiger partial charge in [0.2, 0.25) is 0 Å². The van der Waals surface area contributed by atoms with E-state index in [9.17, 15) is 14.0 Å². The maximum absolute atomic E-state index is 13.9. The lowest BCUT2D eigenvalue weighted by molar-refractivity contribution is -0.141. The fraction of sp³-hybridized carbons (Fsp3) is 0.375. The SMILES string of the molecule is C=CC(C)(C)OC(=O)NC(CC(=O)OC)c1ccccc1F. The van der Waals surface area contributed by atoms with Gasteiger partial charge >= 0.3 is 12.1 Å². The summed E-state index contributed by atoms with van der Waals surface area (Å²) < 4.78 is 23.6. The van der Waals surface area contributed by atoms with Gasteiger partial charge in [0, 0.05) is 5.56 Å². The number of ether oxygens (including phenoxy) is 2. The summed E-state index contributed by atoms with van der Waals surface area (Å²) in [5.74, 6) is -1.10. The third-order valence-corrected chi connectivity index (χ3v) is 3.02. The smallest absolute Gasteiger partial charge is 0.408 e. The van der Waals surface area contributed by atoms with Gasteiger partial charge in [-0.25, -0.2) is 9.18 Å². The fourth-order valence-corrected chi connectivity index (χ4v) is 1.70. The van der Waals surface area contributed by atoms with E-state index in [-0.39, 0.29) is 12.0 Å². The van der Waals surface area contributed by atoms with E-state index >= 15 is 0 Å². The summed E-state index contributed by atoms with van der Waals surface area (Å²) in [6, 6.07) is 4.99. The Morgan fingerprint density at radius 1 is 1.41 bits per heavy atom. The molecule has 22 heavy (non-hydrogen) atoms. The van der Waals surface area contributed by atoms with Crippen molar-refractivity contribution in [3.05, 3.63) is 48.3 Å². The molecule has 0 fully saturated rings. The Hall–Kier alpha value is -2.37. The van der Waals surface area contributed by atoms with Crippen LogP contribution in [-0.4, -0.2) is 24.8 Å². The van der Waals surface area contributed by atoms with Crippen LogP contribution in [0.5, 0.6) is 0 Å². The molecular weight excluding hydrogens is 289 g/mol. The number of rotatable bonds is 6. The molecule has 1 rings (SSSR count). The van der Waals surface area contributed by atoms with Crippen molar-refractivity contribution in [2.45, 2.75) is 31.9 Å². The molecule has 0 aromatic heterocycles. The summed E-state index contributed by atoms with van der Waals surface area (Å²) >= 11 is 0. The average molecular weight is 309 g/mol. The Labute approximate surface area is 129 Å². The zero-order valence-corrected chi connectivity index (χ0v) is 12.9. The fourth-order valence-electron chi connectivity index (χ4n) is 1.70. The first-order valence-electron chi connectivity index (χ1n) is 6.73. The third kappa shape index (κ3) is 5.20. The van der Waals surface area contributed by atoms with E-state index in [1.54, 1.807) is 19.9 Å². The summed E-state index contributed by atoms with van der Waals surface area (Å²) in [7, 11) is 1.22. The number of carbonyl (C=O) groups excluding carboxylic acids is 2. The molecule has 120 valence electrons. The molecule has 0 bridgehead atoms. The highest BCUT2D eigenvalue weighted by molar-refractivity contribution is 5.73. The van der Waals surface area contributed by atoms with Crippen molar-refractivity contribution in [3.63, 3.8) is 0 Å².